The number of carbonyl (C=O) groups is 3. The standard InChI is InChI=1S/C13H17NO4/c1-7-5-9-10(6-7)12(16)14(11(9)15)4-3-8(2)13(17)18/h3,7,9-10H,4-6H2,1-2H3,(H,17,18)/b8-3-. The fourth-order valence-electron chi connectivity index (χ4n) is 2.84. The van der Waals surface area contributed by atoms with Gasteiger partial charge in [0.15, 0.2) is 0 Å². The van der Waals surface area contributed by atoms with Crippen molar-refractivity contribution in [2.45, 2.75) is 26.7 Å². The molecule has 2 unspecified atom stereocenters. The molecule has 0 spiro atoms. The Labute approximate surface area is 105 Å². The zero-order valence-electron chi connectivity index (χ0n) is 10.5. The van der Waals surface area contributed by atoms with Crippen LogP contribution in [0.4, 0.5) is 0 Å². The number of carbonyl (C=O) groups excluding carboxylic acids is 2. The number of aliphatic carboxylic acids is 1. The van der Waals surface area contributed by atoms with Gasteiger partial charge in [0.2, 0.25) is 11.8 Å². The zero-order chi connectivity index (χ0) is 13.4. The highest BCUT2D eigenvalue weighted by molar-refractivity contribution is 6.05. The Balaban J connectivity index is 2.09. The molecule has 1 N–H and O–H groups in total. The molecule has 2 atom stereocenters. The van der Waals surface area contributed by atoms with Gasteiger partial charge in [0.25, 0.3) is 0 Å². The summed E-state index contributed by atoms with van der Waals surface area (Å²) in [5.74, 6) is -1.22. The second-order valence-corrected chi connectivity index (χ2v) is 5.27. The summed E-state index contributed by atoms with van der Waals surface area (Å²) in [4.78, 5) is 36.0. The first-order valence-corrected chi connectivity index (χ1v) is 6.17. The Hall–Kier alpha value is -1.65. The minimum absolute atomic E-state index is 0.0805. The zero-order valence-corrected chi connectivity index (χ0v) is 10.5. The average Bonchev–Trinajstić information content (AvgIpc) is 2.78. The lowest BCUT2D eigenvalue weighted by Crippen LogP contribution is -2.32. The van der Waals surface area contributed by atoms with Crippen LogP contribution in [-0.4, -0.2) is 34.3 Å². The van der Waals surface area contributed by atoms with E-state index < -0.39 is 5.97 Å². The Morgan fingerprint density at radius 3 is 2.28 bits per heavy atom. The molecule has 0 bridgehead atoms. The summed E-state index contributed by atoms with van der Waals surface area (Å²) in [5.41, 5.74) is 0.154. The molecule has 0 radical (unpaired) electrons. The quantitative estimate of drug-likeness (QED) is 0.601. The lowest BCUT2D eigenvalue weighted by atomic mass is 10.00. The van der Waals surface area contributed by atoms with E-state index in [1.807, 2.05) is 0 Å². The van der Waals surface area contributed by atoms with E-state index in [0.717, 1.165) is 12.8 Å². The molecule has 1 saturated heterocycles. The number of carboxylic acids is 1. The lowest BCUT2D eigenvalue weighted by Gasteiger charge is -2.14. The molecule has 2 rings (SSSR count). The molecule has 98 valence electrons. The van der Waals surface area contributed by atoms with Crippen LogP contribution in [0.15, 0.2) is 11.6 Å². The van der Waals surface area contributed by atoms with E-state index in [-0.39, 0.29) is 35.8 Å². The van der Waals surface area contributed by atoms with Crippen molar-refractivity contribution in [3.8, 4) is 0 Å². The Morgan fingerprint density at radius 1 is 1.33 bits per heavy atom. The van der Waals surface area contributed by atoms with Gasteiger partial charge in [0, 0.05) is 12.1 Å². The molecule has 1 heterocycles. The largest absolute Gasteiger partial charge is 0.478 e. The lowest BCUT2D eigenvalue weighted by molar-refractivity contribution is -0.140. The van der Waals surface area contributed by atoms with Gasteiger partial charge in [-0.15, -0.1) is 0 Å². The van der Waals surface area contributed by atoms with Crippen LogP contribution in [0.2, 0.25) is 0 Å². The molecule has 5 nitrogen and oxygen atoms in total. The topological polar surface area (TPSA) is 74.7 Å². The highest BCUT2D eigenvalue weighted by Gasteiger charge is 2.51. The normalized spacial score (nSPS) is 32.0. The van der Waals surface area contributed by atoms with Crippen LogP contribution in [0.1, 0.15) is 26.7 Å². The molecule has 0 aromatic heterocycles. The van der Waals surface area contributed by atoms with Crippen molar-refractivity contribution in [1.29, 1.82) is 0 Å². The third-order valence-electron chi connectivity index (χ3n) is 3.88. The molecular formula is C13H17NO4. The van der Waals surface area contributed by atoms with Gasteiger partial charge < -0.3 is 5.11 Å². The molecule has 1 saturated carbocycles. The Bertz CT molecular complexity index is 416. The number of fused-ring (bicyclic) bond motifs is 1. The predicted octanol–water partition coefficient (Wildman–Crippen LogP) is 1.05. The van der Waals surface area contributed by atoms with Gasteiger partial charge >= 0.3 is 5.97 Å². The van der Waals surface area contributed by atoms with Gasteiger partial charge in [-0.2, -0.15) is 0 Å². The van der Waals surface area contributed by atoms with E-state index in [0.29, 0.717) is 5.92 Å². The van der Waals surface area contributed by atoms with Crippen molar-refractivity contribution in [3.63, 3.8) is 0 Å². The van der Waals surface area contributed by atoms with E-state index >= 15 is 0 Å². The smallest absolute Gasteiger partial charge is 0.331 e. The summed E-state index contributed by atoms with van der Waals surface area (Å²) < 4.78 is 0. The van der Waals surface area contributed by atoms with Crippen LogP contribution in [0.5, 0.6) is 0 Å². The van der Waals surface area contributed by atoms with Crippen molar-refractivity contribution < 1.29 is 19.5 Å². The molecule has 1 aliphatic heterocycles. The minimum atomic E-state index is -1.03. The number of carboxylic acid groups (broad SMARTS) is 1. The summed E-state index contributed by atoms with van der Waals surface area (Å²) in [5, 5.41) is 8.73. The number of amides is 2. The summed E-state index contributed by atoms with van der Waals surface area (Å²) in [6.07, 6.45) is 2.96. The number of hydrogen-bond donors (Lipinski definition) is 1. The van der Waals surface area contributed by atoms with Crippen molar-refractivity contribution in [2.75, 3.05) is 6.54 Å². The summed E-state index contributed by atoms with van der Waals surface area (Å²) >= 11 is 0. The first-order valence-electron chi connectivity index (χ1n) is 6.17. The molecule has 2 aliphatic rings. The molecule has 18 heavy (non-hydrogen) atoms. The van der Waals surface area contributed by atoms with E-state index in [9.17, 15) is 14.4 Å². The highest BCUT2D eigenvalue weighted by atomic mass is 16.4. The van der Waals surface area contributed by atoms with Crippen molar-refractivity contribution >= 4 is 17.8 Å². The summed E-state index contributed by atoms with van der Waals surface area (Å²) in [7, 11) is 0. The molecule has 0 aromatic carbocycles. The van der Waals surface area contributed by atoms with E-state index in [4.69, 9.17) is 5.11 Å². The van der Waals surface area contributed by atoms with Gasteiger partial charge in [-0.1, -0.05) is 13.0 Å². The van der Waals surface area contributed by atoms with E-state index in [2.05, 4.69) is 6.92 Å². The average molecular weight is 251 g/mol. The van der Waals surface area contributed by atoms with Crippen LogP contribution in [0.3, 0.4) is 0 Å². The van der Waals surface area contributed by atoms with Crippen molar-refractivity contribution in [1.82, 2.24) is 4.90 Å². The van der Waals surface area contributed by atoms with Crippen molar-refractivity contribution in [3.05, 3.63) is 11.6 Å². The molecule has 1 aliphatic carbocycles. The van der Waals surface area contributed by atoms with Crippen LogP contribution in [-0.2, 0) is 14.4 Å². The fourth-order valence-corrected chi connectivity index (χ4v) is 2.84. The SMILES string of the molecule is C/C(=C/CN1C(=O)C2CC(C)CC2C1=O)C(=O)O. The molecular weight excluding hydrogens is 234 g/mol. The predicted molar refractivity (Wildman–Crippen MR) is 63.5 cm³/mol. The second kappa shape index (κ2) is 4.55. The second-order valence-electron chi connectivity index (χ2n) is 5.27. The summed E-state index contributed by atoms with van der Waals surface area (Å²) in [6.45, 7) is 3.59. The fraction of sp³-hybridized carbons (Fsp3) is 0.615. The van der Waals surface area contributed by atoms with Gasteiger partial charge in [0.1, 0.15) is 0 Å². The highest BCUT2D eigenvalue weighted by Crippen LogP contribution is 2.42. The maximum Gasteiger partial charge on any atom is 0.331 e. The van der Waals surface area contributed by atoms with Gasteiger partial charge in [0.05, 0.1) is 11.8 Å². The van der Waals surface area contributed by atoms with Crippen molar-refractivity contribution in [2.24, 2.45) is 17.8 Å². The van der Waals surface area contributed by atoms with Gasteiger partial charge in [-0.3, -0.25) is 14.5 Å². The molecule has 5 heteroatoms. The van der Waals surface area contributed by atoms with E-state index in [1.54, 1.807) is 0 Å². The third-order valence-corrected chi connectivity index (χ3v) is 3.88. The van der Waals surface area contributed by atoms with Crippen LogP contribution in [0, 0.1) is 17.8 Å². The monoisotopic (exact) mass is 251 g/mol. The Morgan fingerprint density at radius 2 is 1.83 bits per heavy atom. The van der Waals surface area contributed by atoms with Crippen LogP contribution in [0.25, 0.3) is 0 Å². The van der Waals surface area contributed by atoms with Gasteiger partial charge in [-0.25, -0.2) is 4.79 Å². The van der Waals surface area contributed by atoms with Gasteiger partial charge in [-0.05, 0) is 25.7 Å². The Kier molecular flexibility index (Phi) is 3.24. The first-order chi connectivity index (χ1) is 8.41. The van der Waals surface area contributed by atoms with E-state index in [1.165, 1.54) is 17.9 Å². The molecule has 0 aromatic rings. The first kappa shape index (κ1) is 12.8. The number of nitrogens with zero attached hydrogens (tertiary/aromatic N) is 1. The number of rotatable bonds is 3. The maximum absolute atomic E-state index is 12.1. The van der Waals surface area contributed by atoms with Crippen LogP contribution < -0.4 is 0 Å². The third kappa shape index (κ3) is 2.05. The maximum atomic E-state index is 12.1. The molecule has 2 amide bonds. The summed E-state index contributed by atoms with van der Waals surface area (Å²) in [6, 6.07) is 0. The number of imide groups is 1. The number of likely N-dealkylation sites (tertiary alicyclic amines) is 1. The van der Waals surface area contributed by atoms with Crippen LogP contribution >= 0.6 is 0 Å². The molecule has 2 fully saturated rings. The number of hydrogen-bond acceptors (Lipinski definition) is 3. The minimum Gasteiger partial charge on any atom is -0.478 e.